The summed E-state index contributed by atoms with van der Waals surface area (Å²) in [5.41, 5.74) is 4.26. The van der Waals surface area contributed by atoms with Crippen molar-refractivity contribution in [2.45, 2.75) is 32.7 Å². The van der Waals surface area contributed by atoms with Gasteiger partial charge in [-0.25, -0.2) is 0 Å². The third-order valence-electron chi connectivity index (χ3n) is 4.15. The van der Waals surface area contributed by atoms with Crippen LogP contribution in [0.1, 0.15) is 25.0 Å². The standard InChI is InChI=1S/C14H17NO/c1-9-13(10(2)16)8-12-5-3-4-11-6-7-15(9)14(11)12/h3-5,9,13H,6-8H2,1-2H3. The summed E-state index contributed by atoms with van der Waals surface area (Å²) in [4.78, 5) is 14.1. The van der Waals surface area contributed by atoms with Crippen LogP contribution < -0.4 is 4.90 Å². The third-order valence-corrected chi connectivity index (χ3v) is 4.15. The first-order chi connectivity index (χ1) is 7.68. The van der Waals surface area contributed by atoms with Gasteiger partial charge in [-0.3, -0.25) is 4.79 Å². The minimum absolute atomic E-state index is 0.181. The van der Waals surface area contributed by atoms with Crippen LogP contribution in [0.5, 0.6) is 0 Å². The second-order valence-corrected chi connectivity index (χ2v) is 5.03. The predicted molar refractivity (Wildman–Crippen MR) is 64.8 cm³/mol. The van der Waals surface area contributed by atoms with Crippen molar-refractivity contribution in [2.75, 3.05) is 11.4 Å². The second kappa shape index (κ2) is 3.34. The lowest BCUT2D eigenvalue weighted by Crippen LogP contribution is -2.44. The van der Waals surface area contributed by atoms with Crippen molar-refractivity contribution in [1.29, 1.82) is 0 Å². The summed E-state index contributed by atoms with van der Waals surface area (Å²) >= 11 is 0. The average molecular weight is 215 g/mol. The van der Waals surface area contributed by atoms with Crippen molar-refractivity contribution in [3.8, 4) is 0 Å². The molecule has 1 aromatic carbocycles. The zero-order valence-corrected chi connectivity index (χ0v) is 9.86. The molecule has 2 atom stereocenters. The molecule has 0 aliphatic carbocycles. The fraction of sp³-hybridized carbons (Fsp3) is 0.500. The molecule has 0 aromatic heterocycles. The number of nitrogens with zero attached hydrogens (tertiary/aromatic N) is 1. The van der Waals surface area contributed by atoms with Gasteiger partial charge in [0.1, 0.15) is 5.78 Å². The minimum Gasteiger partial charge on any atom is -0.367 e. The number of anilines is 1. The first kappa shape index (κ1) is 9.88. The van der Waals surface area contributed by atoms with E-state index in [9.17, 15) is 4.79 Å². The van der Waals surface area contributed by atoms with E-state index in [0.29, 0.717) is 11.8 Å². The molecule has 0 saturated carbocycles. The van der Waals surface area contributed by atoms with Crippen LogP contribution in [0.15, 0.2) is 18.2 Å². The van der Waals surface area contributed by atoms with Gasteiger partial charge in [0, 0.05) is 24.2 Å². The highest BCUT2D eigenvalue weighted by Gasteiger charge is 2.37. The molecule has 2 heterocycles. The van der Waals surface area contributed by atoms with E-state index in [1.165, 1.54) is 16.8 Å². The number of ketones is 1. The van der Waals surface area contributed by atoms with E-state index in [1.54, 1.807) is 6.92 Å². The van der Waals surface area contributed by atoms with Crippen LogP contribution in [0.4, 0.5) is 5.69 Å². The van der Waals surface area contributed by atoms with E-state index in [-0.39, 0.29) is 5.92 Å². The molecule has 2 aliphatic rings. The molecular formula is C14H17NO. The number of rotatable bonds is 1. The van der Waals surface area contributed by atoms with Crippen molar-refractivity contribution in [3.05, 3.63) is 29.3 Å². The zero-order valence-electron chi connectivity index (χ0n) is 9.86. The number of Topliss-reactive ketones (excluding diaryl/α,β-unsaturated/α-hetero) is 1. The lowest BCUT2D eigenvalue weighted by atomic mass is 9.84. The topological polar surface area (TPSA) is 20.3 Å². The average Bonchev–Trinajstić information content (AvgIpc) is 2.68. The van der Waals surface area contributed by atoms with E-state index < -0.39 is 0 Å². The molecule has 2 aliphatic heterocycles. The maximum Gasteiger partial charge on any atom is 0.135 e. The van der Waals surface area contributed by atoms with Gasteiger partial charge in [0.25, 0.3) is 0 Å². The summed E-state index contributed by atoms with van der Waals surface area (Å²) in [6, 6.07) is 6.90. The highest BCUT2D eigenvalue weighted by Crippen LogP contribution is 2.40. The molecule has 0 spiro atoms. The maximum absolute atomic E-state index is 11.7. The Hall–Kier alpha value is -1.31. The lowest BCUT2D eigenvalue weighted by molar-refractivity contribution is -0.121. The molecule has 3 rings (SSSR count). The van der Waals surface area contributed by atoms with Crippen molar-refractivity contribution >= 4 is 11.5 Å². The van der Waals surface area contributed by atoms with Crippen LogP contribution in [-0.4, -0.2) is 18.4 Å². The predicted octanol–water partition coefficient (Wildman–Crippen LogP) is 2.20. The van der Waals surface area contributed by atoms with Gasteiger partial charge >= 0.3 is 0 Å². The second-order valence-electron chi connectivity index (χ2n) is 5.03. The van der Waals surface area contributed by atoms with Crippen molar-refractivity contribution in [2.24, 2.45) is 5.92 Å². The van der Waals surface area contributed by atoms with E-state index in [0.717, 1.165) is 19.4 Å². The molecule has 2 nitrogen and oxygen atoms in total. The molecule has 2 unspecified atom stereocenters. The van der Waals surface area contributed by atoms with Crippen LogP contribution >= 0.6 is 0 Å². The monoisotopic (exact) mass is 215 g/mol. The molecule has 84 valence electrons. The summed E-state index contributed by atoms with van der Waals surface area (Å²) in [5, 5.41) is 0. The molecule has 0 bridgehead atoms. The van der Waals surface area contributed by atoms with Crippen LogP contribution in [0.25, 0.3) is 0 Å². The number of carbonyl (C=O) groups is 1. The van der Waals surface area contributed by atoms with Crippen LogP contribution in [-0.2, 0) is 17.6 Å². The fourth-order valence-electron chi connectivity index (χ4n) is 3.25. The molecule has 0 radical (unpaired) electrons. The zero-order chi connectivity index (χ0) is 11.3. The first-order valence-electron chi connectivity index (χ1n) is 6.06. The number of para-hydroxylation sites is 1. The molecule has 0 saturated heterocycles. The Bertz CT molecular complexity index is 452. The highest BCUT2D eigenvalue weighted by molar-refractivity contribution is 5.82. The van der Waals surface area contributed by atoms with Gasteiger partial charge in [-0.1, -0.05) is 18.2 Å². The van der Waals surface area contributed by atoms with Crippen molar-refractivity contribution in [3.63, 3.8) is 0 Å². The minimum atomic E-state index is 0.181. The van der Waals surface area contributed by atoms with E-state index in [1.807, 2.05) is 0 Å². The fourth-order valence-corrected chi connectivity index (χ4v) is 3.25. The van der Waals surface area contributed by atoms with Gasteiger partial charge in [-0.2, -0.15) is 0 Å². The molecule has 0 amide bonds. The van der Waals surface area contributed by atoms with Gasteiger partial charge in [-0.05, 0) is 37.8 Å². The normalized spacial score (nSPS) is 26.8. The summed E-state index contributed by atoms with van der Waals surface area (Å²) in [7, 11) is 0. The Morgan fingerprint density at radius 3 is 2.88 bits per heavy atom. The summed E-state index contributed by atoms with van der Waals surface area (Å²) in [6.45, 7) is 5.00. The third kappa shape index (κ3) is 1.22. The number of benzene rings is 1. The van der Waals surface area contributed by atoms with Gasteiger partial charge in [-0.15, -0.1) is 0 Å². The van der Waals surface area contributed by atoms with E-state index >= 15 is 0 Å². The van der Waals surface area contributed by atoms with E-state index in [4.69, 9.17) is 0 Å². The molecule has 0 N–H and O–H groups in total. The summed E-state index contributed by atoms with van der Waals surface area (Å²) in [6.07, 6.45) is 2.06. The quantitative estimate of drug-likeness (QED) is 0.715. The number of carbonyl (C=O) groups excluding carboxylic acids is 1. The molecule has 2 heteroatoms. The Morgan fingerprint density at radius 1 is 1.38 bits per heavy atom. The van der Waals surface area contributed by atoms with Crippen molar-refractivity contribution in [1.82, 2.24) is 0 Å². The van der Waals surface area contributed by atoms with Gasteiger partial charge in [0.05, 0.1) is 0 Å². The smallest absolute Gasteiger partial charge is 0.135 e. The Kier molecular flexibility index (Phi) is 2.06. The summed E-state index contributed by atoms with van der Waals surface area (Å²) < 4.78 is 0. The van der Waals surface area contributed by atoms with Gasteiger partial charge < -0.3 is 4.90 Å². The largest absolute Gasteiger partial charge is 0.367 e. The molecular weight excluding hydrogens is 198 g/mol. The maximum atomic E-state index is 11.7. The Balaban J connectivity index is 2.10. The number of hydrogen-bond donors (Lipinski definition) is 0. The van der Waals surface area contributed by atoms with Gasteiger partial charge in [0.15, 0.2) is 0 Å². The Labute approximate surface area is 96.3 Å². The molecule has 16 heavy (non-hydrogen) atoms. The lowest BCUT2D eigenvalue weighted by Gasteiger charge is -2.38. The van der Waals surface area contributed by atoms with E-state index in [2.05, 4.69) is 30.0 Å². The van der Waals surface area contributed by atoms with Crippen LogP contribution in [0.3, 0.4) is 0 Å². The number of hydrogen-bond acceptors (Lipinski definition) is 2. The van der Waals surface area contributed by atoms with Crippen LogP contribution in [0, 0.1) is 5.92 Å². The molecule has 1 aromatic rings. The first-order valence-corrected chi connectivity index (χ1v) is 6.06. The SMILES string of the molecule is CC(=O)C1Cc2cccc3c2N(CC3)C1C. The Morgan fingerprint density at radius 2 is 2.12 bits per heavy atom. The van der Waals surface area contributed by atoms with Gasteiger partial charge in [0.2, 0.25) is 0 Å². The highest BCUT2D eigenvalue weighted by atomic mass is 16.1. The summed E-state index contributed by atoms with van der Waals surface area (Å²) in [5.74, 6) is 0.510. The van der Waals surface area contributed by atoms with Crippen LogP contribution in [0.2, 0.25) is 0 Å². The molecule has 0 fully saturated rings. The van der Waals surface area contributed by atoms with Crippen molar-refractivity contribution < 1.29 is 4.79 Å².